The Balaban J connectivity index is 2.08. The number of ether oxygens (including phenoxy) is 2. The number of aliphatic hydroxyl groups is 1. The monoisotopic (exact) mass is 184 g/mol. The molecule has 1 fully saturated rings. The van der Waals surface area contributed by atoms with Crippen molar-refractivity contribution in [3.05, 3.63) is 11.8 Å². The van der Waals surface area contributed by atoms with Gasteiger partial charge in [0.2, 0.25) is 0 Å². The maximum absolute atomic E-state index is 10.3. The van der Waals surface area contributed by atoms with E-state index in [0.717, 1.165) is 25.0 Å². The van der Waals surface area contributed by atoms with Crippen molar-refractivity contribution < 1.29 is 14.6 Å². The van der Waals surface area contributed by atoms with Crippen molar-refractivity contribution in [3.63, 3.8) is 0 Å². The van der Waals surface area contributed by atoms with Crippen molar-refractivity contribution >= 4 is 0 Å². The fourth-order valence-electron chi connectivity index (χ4n) is 2.00. The molecule has 3 nitrogen and oxygen atoms in total. The zero-order valence-electron chi connectivity index (χ0n) is 7.95. The third kappa shape index (κ3) is 1.58. The van der Waals surface area contributed by atoms with E-state index >= 15 is 0 Å². The van der Waals surface area contributed by atoms with E-state index in [2.05, 4.69) is 0 Å². The summed E-state index contributed by atoms with van der Waals surface area (Å²) in [5, 5.41) is 10.3. The second-order valence-corrected chi connectivity index (χ2v) is 3.97. The Bertz CT molecular complexity index is 214. The predicted octanol–water partition coefficient (Wildman–Crippen LogP) is 1.08. The van der Waals surface area contributed by atoms with E-state index in [9.17, 15) is 5.11 Å². The topological polar surface area (TPSA) is 38.7 Å². The zero-order valence-corrected chi connectivity index (χ0v) is 7.95. The van der Waals surface area contributed by atoms with Crippen molar-refractivity contribution in [1.29, 1.82) is 0 Å². The van der Waals surface area contributed by atoms with Crippen LogP contribution >= 0.6 is 0 Å². The first-order chi connectivity index (χ1) is 6.21. The molecule has 0 aliphatic carbocycles. The minimum absolute atomic E-state index is 0.237. The van der Waals surface area contributed by atoms with Gasteiger partial charge < -0.3 is 14.6 Å². The Morgan fingerprint density at radius 2 is 2.38 bits per heavy atom. The van der Waals surface area contributed by atoms with E-state index in [-0.39, 0.29) is 5.92 Å². The molecule has 2 aliphatic heterocycles. The zero-order chi connectivity index (χ0) is 9.31. The summed E-state index contributed by atoms with van der Waals surface area (Å²) < 4.78 is 10.4. The van der Waals surface area contributed by atoms with Crippen LogP contribution in [0.3, 0.4) is 0 Å². The fourth-order valence-corrected chi connectivity index (χ4v) is 2.00. The summed E-state index contributed by atoms with van der Waals surface area (Å²) in [5.74, 6) is 0.237. The van der Waals surface area contributed by atoms with Crippen LogP contribution in [-0.4, -0.2) is 30.5 Å². The van der Waals surface area contributed by atoms with Gasteiger partial charge in [-0.2, -0.15) is 0 Å². The molecular weight excluding hydrogens is 168 g/mol. The van der Waals surface area contributed by atoms with Gasteiger partial charge in [-0.05, 0) is 18.9 Å². The summed E-state index contributed by atoms with van der Waals surface area (Å²) in [5.41, 5.74) is 0.288. The number of hydrogen-bond acceptors (Lipinski definition) is 3. The van der Waals surface area contributed by atoms with Crippen LogP contribution in [-0.2, 0) is 9.47 Å². The molecule has 2 atom stereocenters. The fraction of sp³-hybridized carbons (Fsp3) is 0.800. The predicted molar refractivity (Wildman–Crippen MR) is 48.2 cm³/mol. The van der Waals surface area contributed by atoms with E-state index in [4.69, 9.17) is 9.47 Å². The number of hydrogen-bond donors (Lipinski definition) is 1. The summed E-state index contributed by atoms with van der Waals surface area (Å²) in [7, 11) is 0. The maximum atomic E-state index is 10.3. The van der Waals surface area contributed by atoms with E-state index < -0.39 is 5.60 Å². The van der Waals surface area contributed by atoms with Crippen LogP contribution in [0.1, 0.15) is 19.8 Å². The van der Waals surface area contributed by atoms with Crippen LogP contribution < -0.4 is 0 Å². The Morgan fingerprint density at radius 1 is 1.54 bits per heavy atom. The lowest BCUT2D eigenvalue weighted by Gasteiger charge is -2.29. The molecular formula is C10H16O3. The Labute approximate surface area is 78.3 Å². The molecule has 1 saturated heterocycles. The van der Waals surface area contributed by atoms with Crippen molar-refractivity contribution in [2.24, 2.45) is 5.92 Å². The molecule has 2 rings (SSSR count). The standard InChI is InChI=1S/C10H16O3/c1-10(11,8-2-4-12-6-8)9-3-5-13-7-9/h6,9,11H,2-5,7H2,1H3. The quantitative estimate of drug-likeness (QED) is 0.698. The van der Waals surface area contributed by atoms with Gasteiger partial charge in [-0.1, -0.05) is 0 Å². The van der Waals surface area contributed by atoms with Crippen molar-refractivity contribution in [3.8, 4) is 0 Å². The molecule has 0 saturated carbocycles. The summed E-state index contributed by atoms with van der Waals surface area (Å²) in [6, 6.07) is 0. The highest BCUT2D eigenvalue weighted by Crippen LogP contribution is 2.35. The normalized spacial score (nSPS) is 32.5. The van der Waals surface area contributed by atoms with Crippen LogP contribution in [0.15, 0.2) is 11.8 Å². The van der Waals surface area contributed by atoms with Crippen LogP contribution in [0.4, 0.5) is 0 Å². The molecule has 74 valence electrons. The van der Waals surface area contributed by atoms with Crippen molar-refractivity contribution in [2.75, 3.05) is 19.8 Å². The molecule has 1 N–H and O–H groups in total. The highest BCUT2D eigenvalue weighted by atomic mass is 16.5. The molecule has 0 bridgehead atoms. The van der Waals surface area contributed by atoms with Gasteiger partial charge in [0, 0.05) is 18.9 Å². The van der Waals surface area contributed by atoms with Gasteiger partial charge in [0.1, 0.15) is 0 Å². The molecule has 0 aromatic rings. The lowest BCUT2D eigenvalue weighted by Crippen LogP contribution is -2.36. The first-order valence-electron chi connectivity index (χ1n) is 4.82. The maximum Gasteiger partial charge on any atom is 0.0913 e. The Morgan fingerprint density at radius 3 is 2.92 bits per heavy atom. The van der Waals surface area contributed by atoms with Gasteiger partial charge in [-0.25, -0.2) is 0 Å². The SMILES string of the molecule is CC(O)(C1=COCC1)C1CCOC1. The van der Waals surface area contributed by atoms with Gasteiger partial charge in [0.25, 0.3) is 0 Å². The third-order valence-electron chi connectivity index (χ3n) is 3.09. The molecule has 0 aromatic carbocycles. The van der Waals surface area contributed by atoms with Crippen LogP contribution in [0.25, 0.3) is 0 Å². The second kappa shape index (κ2) is 3.31. The Kier molecular flexibility index (Phi) is 2.30. The highest BCUT2D eigenvalue weighted by molar-refractivity contribution is 5.18. The molecule has 13 heavy (non-hydrogen) atoms. The average molecular weight is 184 g/mol. The largest absolute Gasteiger partial charge is 0.501 e. The lowest BCUT2D eigenvalue weighted by molar-refractivity contribution is 0.0264. The minimum Gasteiger partial charge on any atom is -0.501 e. The average Bonchev–Trinajstić information content (AvgIpc) is 2.78. The first-order valence-corrected chi connectivity index (χ1v) is 4.82. The first kappa shape index (κ1) is 9.03. The summed E-state index contributed by atoms with van der Waals surface area (Å²) in [4.78, 5) is 0. The van der Waals surface area contributed by atoms with Crippen LogP contribution in [0.5, 0.6) is 0 Å². The van der Waals surface area contributed by atoms with E-state index in [1.165, 1.54) is 0 Å². The van der Waals surface area contributed by atoms with E-state index in [0.29, 0.717) is 13.2 Å². The molecule has 0 spiro atoms. The van der Waals surface area contributed by atoms with Gasteiger partial charge in [-0.3, -0.25) is 0 Å². The van der Waals surface area contributed by atoms with Gasteiger partial charge >= 0.3 is 0 Å². The molecule has 2 aliphatic rings. The lowest BCUT2D eigenvalue weighted by atomic mass is 9.82. The van der Waals surface area contributed by atoms with Crippen LogP contribution in [0.2, 0.25) is 0 Å². The van der Waals surface area contributed by atoms with Crippen LogP contribution in [0, 0.1) is 5.92 Å². The molecule has 0 aromatic heterocycles. The van der Waals surface area contributed by atoms with Gasteiger partial charge in [-0.15, -0.1) is 0 Å². The van der Waals surface area contributed by atoms with E-state index in [1.807, 2.05) is 6.92 Å². The van der Waals surface area contributed by atoms with Gasteiger partial charge in [0.15, 0.2) is 0 Å². The van der Waals surface area contributed by atoms with E-state index in [1.54, 1.807) is 6.26 Å². The van der Waals surface area contributed by atoms with Crippen molar-refractivity contribution in [2.45, 2.75) is 25.4 Å². The van der Waals surface area contributed by atoms with Crippen molar-refractivity contribution in [1.82, 2.24) is 0 Å². The smallest absolute Gasteiger partial charge is 0.0913 e. The second-order valence-electron chi connectivity index (χ2n) is 3.97. The summed E-state index contributed by atoms with van der Waals surface area (Å²) in [6.45, 7) is 4.02. The summed E-state index contributed by atoms with van der Waals surface area (Å²) in [6.07, 6.45) is 3.51. The molecule has 2 unspecified atom stereocenters. The molecule has 2 heterocycles. The number of rotatable bonds is 2. The molecule has 3 heteroatoms. The molecule has 0 amide bonds. The highest BCUT2D eigenvalue weighted by Gasteiger charge is 2.38. The third-order valence-corrected chi connectivity index (χ3v) is 3.09. The minimum atomic E-state index is -0.729. The Hall–Kier alpha value is -0.540. The summed E-state index contributed by atoms with van der Waals surface area (Å²) >= 11 is 0. The molecule has 0 radical (unpaired) electrons. The van der Waals surface area contributed by atoms with Gasteiger partial charge in [0.05, 0.1) is 25.1 Å².